The van der Waals surface area contributed by atoms with Crippen molar-refractivity contribution in [2.24, 2.45) is 0 Å². The number of carboxylic acids is 1. The molecule has 1 atom stereocenters. The summed E-state index contributed by atoms with van der Waals surface area (Å²) in [7, 11) is 0. The molecule has 4 nitrogen and oxygen atoms in total. The van der Waals surface area contributed by atoms with Crippen molar-refractivity contribution in [3.05, 3.63) is 33.8 Å². The van der Waals surface area contributed by atoms with Crippen molar-refractivity contribution in [2.75, 3.05) is 13.2 Å². The van der Waals surface area contributed by atoms with Crippen molar-refractivity contribution >= 4 is 21.9 Å². The van der Waals surface area contributed by atoms with E-state index in [2.05, 4.69) is 20.8 Å². The van der Waals surface area contributed by atoms with E-state index < -0.39 is 5.97 Å². The summed E-state index contributed by atoms with van der Waals surface area (Å²) in [5, 5.41) is 18.5. The smallest absolute Gasteiger partial charge is 0.335 e. The van der Waals surface area contributed by atoms with Crippen LogP contribution in [0.15, 0.2) is 22.7 Å². The summed E-state index contributed by atoms with van der Waals surface area (Å²) < 4.78 is 0.818. The molecule has 1 aliphatic heterocycles. The molecule has 1 fully saturated rings. The first-order chi connectivity index (χ1) is 9.61. The minimum atomic E-state index is -0.916. The molecule has 2 N–H and O–H groups in total. The third kappa shape index (κ3) is 3.81. The highest BCUT2D eigenvalue weighted by Gasteiger charge is 2.21. The zero-order valence-corrected chi connectivity index (χ0v) is 13.0. The maximum atomic E-state index is 10.9. The van der Waals surface area contributed by atoms with Crippen molar-refractivity contribution in [1.29, 1.82) is 0 Å². The Morgan fingerprint density at radius 3 is 2.80 bits per heavy atom. The minimum absolute atomic E-state index is 0.185. The van der Waals surface area contributed by atoms with Crippen LogP contribution in [0, 0.1) is 0 Å². The molecule has 0 radical (unpaired) electrons. The number of carbonyl (C=O) groups is 1. The molecule has 2 rings (SSSR count). The van der Waals surface area contributed by atoms with E-state index >= 15 is 0 Å². The Labute approximate surface area is 127 Å². The summed E-state index contributed by atoms with van der Waals surface area (Å²) in [6.07, 6.45) is 4.57. The van der Waals surface area contributed by atoms with Crippen LogP contribution in [0.25, 0.3) is 0 Å². The van der Waals surface area contributed by atoms with Crippen molar-refractivity contribution in [2.45, 2.75) is 38.3 Å². The third-order valence-corrected chi connectivity index (χ3v) is 4.62. The fourth-order valence-electron chi connectivity index (χ4n) is 2.68. The quantitative estimate of drug-likeness (QED) is 0.883. The van der Waals surface area contributed by atoms with Gasteiger partial charge in [0, 0.05) is 17.1 Å². The predicted molar refractivity (Wildman–Crippen MR) is 80.9 cm³/mol. The van der Waals surface area contributed by atoms with E-state index in [-0.39, 0.29) is 18.2 Å². The van der Waals surface area contributed by atoms with Crippen LogP contribution < -0.4 is 0 Å². The second-order valence-electron chi connectivity index (χ2n) is 5.27. The van der Waals surface area contributed by atoms with Gasteiger partial charge in [0.25, 0.3) is 0 Å². The number of nitrogens with zero attached hydrogens (tertiary/aromatic N) is 1. The first kappa shape index (κ1) is 15.5. The highest BCUT2D eigenvalue weighted by atomic mass is 79.9. The molecular weight excluding hydrogens is 322 g/mol. The average Bonchev–Trinajstić information content (AvgIpc) is 2.65. The number of rotatable bonds is 4. The number of aromatic carboxylic acids is 1. The number of hydrogen-bond acceptors (Lipinski definition) is 3. The number of halogens is 1. The predicted octanol–water partition coefficient (Wildman–Crippen LogP) is 2.88. The maximum absolute atomic E-state index is 10.9. The number of hydrogen-bond donors (Lipinski definition) is 2. The molecular formula is C15H20BrNO3. The van der Waals surface area contributed by atoms with Gasteiger partial charge in [0.1, 0.15) is 0 Å². The van der Waals surface area contributed by atoms with Gasteiger partial charge < -0.3 is 10.2 Å². The van der Waals surface area contributed by atoms with Crippen molar-refractivity contribution in [1.82, 2.24) is 4.90 Å². The van der Waals surface area contributed by atoms with E-state index in [1.807, 2.05) is 6.07 Å². The standard InChI is InChI=1S/C15H20BrNO3/c16-14-8-11(15(19)20)5-6-12(14)9-17-7-3-1-2-4-13(17)10-18/h5-6,8,13,18H,1-4,7,9-10H2,(H,19,20). The van der Waals surface area contributed by atoms with Gasteiger partial charge in [-0.15, -0.1) is 0 Å². The maximum Gasteiger partial charge on any atom is 0.335 e. The summed E-state index contributed by atoms with van der Waals surface area (Å²) >= 11 is 3.45. The zero-order chi connectivity index (χ0) is 14.5. The number of benzene rings is 1. The Balaban J connectivity index is 2.13. The molecule has 0 amide bonds. The van der Waals surface area contributed by atoms with E-state index in [9.17, 15) is 9.90 Å². The minimum Gasteiger partial charge on any atom is -0.478 e. The average molecular weight is 342 g/mol. The normalized spacial score (nSPS) is 20.6. The number of aliphatic hydroxyl groups excluding tert-OH is 1. The number of likely N-dealkylation sites (tertiary alicyclic amines) is 1. The molecule has 0 saturated carbocycles. The van der Waals surface area contributed by atoms with E-state index in [1.54, 1.807) is 12.1 Å². The molecule has 5 heteroatoms. The Kier molecular flexibility index (Phi) is 5.57. The molecule has 20 heavy (non-hydrogen) atoms. The van der Waals surface area contributed by atoms with Crippen LogP contribution in [-0.2, 0) is 6.54 Å². The highest BCUT2D eigenvalue weighted by Crippen LogP contribution is 2.24. The fraction of sp³-hybridized carbons (Fsp3) is 0.533. The van der Waals surface area contributed by atoms with Gasteiger partial charge in [-0.05, 0) is 37.1 Å². The van der Waals surface area contributed by atoms with Gasteiger partial charge >= 0.3 is 5.97 Å². The second kappa shape index (κ2) is 7.20. The lowest BCUT2D eigenvalue weighted by Gasteiger charge is -2.28. The van der Waals surface area contributed by atoms with E-state index in [1.165, 1.54) is 12.8 Å². The molecule has 0 spiro atoms. The van der Waals surface area contributed by atoms with Crippen LogP contribution in [0.5, 0.6) is 0 Å². The SMILES string of the molecule is O=C(O)c1ccc(CN2CCCCCC2CO)c(Br)c1. The summed E-state index contributed by atoms with van der Waals surface area (Å²) in [5.41, 5.74) is 1.35. The Morgan fingerprint density at radius 1 is 1.35 bits per heavy atom. The van der Waals surface area contributed by atoms with Crippen LogP contribution in [0.2, 0.25) is 0 Å². The van der Waals surface area contributed by atoms with Gasteiger partial charge in [-0.1, -0.05) is 34.8 Å². The topological polar surface area (TPSA) is 60.8 Å². The summed E-state index contributed by atoms with van der Waals surface area (Å²) in [6.45, 7) is 1.91. The van der Waals surface area contributed by atoms with Gasteiger partial charge in [0.15, 0.2) is 0 Å². The molecule has 1 aromatic rings. The first-order valence-corrected chi connectivity index (χ1v) is 7.77. The Morgan fingerprint density at radius 2 is 2.15 bits per heavy atom. The largest absolute Gasteiger partial charge is 0.478 e. The van der Waals surface area contributed by atoms with Gasteiger partial charge in [-0.3, -0.25) is 4.90 Å². The van der Waals surface area contributed by atoms with Crippen LogP contribution in [-0.4, -0.2) is 40.3 Å². The molecule has 1 saturated heterocycles. The first-order valence-electron chi connectivity index (χ1n) is 6.98. The molecule has 1 unspecified atom stereocenters. The Hall–Kier alpha value is -0.910. The molecule has 1 aromatic carbocycles. The summed E-state index contributed by atoms with van der Waals surface area (Å²) in [4.78, 5) is 13.2. The van der Waals surface area contributed by atoms with Gasteiger partial charge in [0.2, 0.25) is 0 Å². The summed E-state index contributed by atoms with van der Waals surface area (Å²) in [5.74, 6) is -0.916. The lowest BCUT2D eigenvalue weighted by Crippen LogP contribution is -2.37. The van der Waals surface area contributed by atoms with Crippen LogP contribution in [0.1, 0.15) is 41.6 Å². The van der Waals surface area contributed by atoms with Gasteiger partial charge in [-0.25, -0.2) is 4.79 Å². The molecule has 1 heterocycles. The van der Waals surface area contributed by atoms with Crippen LogP contribution >= 0.6 is 15.9 Å². The van der Waals surface area contributed by atoms with Crippen LogP contribution in [0.3, 0.4) is 0 Å². The second-order valence-corrected chi connectivity index (χ2v) is 6.12. The monoisotopic (exact) mass is 341 g/mol. The van der Waals surface area contributed by atoms with E-state index in [4.69, 9.17) is 5.11 Å². The zero-order valence-electron chi connectivity index (χ0n) is 11.4. The molecule has 1 aliphatic rings. The molecule has 0 bridgehead atoms. The third-order valence-electron chi connectivity index (χ3n) is 3.88. The van der Waals surface area contributed by atoms with E-state index in [0.717, 1.165) is 36.0 Å². The number of aliphatic hydroxyl groups is 1. The lowest BCUT2D eigenvalue weighted by atomic mass is 10.1. The molecule has 0 aliphatic carbocycles. The van der Waals surface area contributed by atoms with Crippen molar-refractivity contribution < 1.29 is 15.0 Å². The van der Waals surface area contributed by atoms with Gasteiger partial charge in [0.05, 0.1) is 12.2 Å². The Bertz CT molecular complexity index is 478. The van der Waals surface area contributed by atoms with Gasteiger partial charge in [-0.2, -0.15) is 0 Å². The van der Waals surface area contributed by atoms with Crippen molar-refractivity contribution in [3.63, 3.8) is 0 Å². The summed E-state index contributed by atoms with van der Waals surface area (Å²) in [6, 6.07) is 5.34. The van der Waals surface area contributed by atoms with Crippen LogP contribution in [0.4, 0.5) is 0 Å². The number of carboxylic acid groups (broad SMARTS) is 1. The highest BCUT2D eigenvalue weighted by molar-refractivity contribution is 9.10. The molecule has 0 aromatic heterocycles. The fourth-order valence-corrected chi connectivity index (χ4v) is 3.18. The van der Waals surface area contributed by atoms with E-state index in [0.29, 0.717) is 0 Å². The molecule has 110 valence electrons. The van der Waals surface area contributed by atoms with Crippen molar-refractivity contribution in [3.8, 4) is 0 Å². The lowest BCUT2D eigenvalue weighted by molar-refractivity contribution is 0.0696.